The van der Waals surface area contributed by atoms with E-state index in [1.807, 2.05) is 24.3 Å². The lowest BCUT2D eigenvalue weighted by Gasteiger charge is -2.24. The fourth-order valence-corrected chi connectivity index (χ4v) is 4.14. The van der Waals surface area contributed by atoms with Crippen LogP contribution in [0.2, 0.25) is 0 Å². The Balaban J connectivity index is 1.40. The van der Waals surface area contributed by atoms with Gasteiger partial charge in [0, 0.05) is 24.2 Å². The number of nitrogens with one attached hydrogen (secondary N) is 2. The largest absolute Gasteiger partial charge is 0.354 e. The van der Waals surface area contributed by atoms with Crippen LogP contribution >= 0.6 is 0 Å². The molecule has 0 saturated carbocycles. The van der Waals surface area contributed by atoms with Gasteiger partial charge in [0.05, 0.1) is 17.5 Å². The zero-order valence-corrected chi connectivity index (χ0v) is 17.6. The molecule has 2 aromatic carbocycles. The fraction of sp³-hybridized carbons (Fsp3) is 0.320. The van der Waals surface area contributed by atoms with Gasteiger partial charge in [0.15, 0.2) is 0 Å². The van der Waals surface area contributed by atoms with Crippen LogP contribution in [0, 0.1) is 11.7 Å². The van der Waals surface area contributed by atoms with Crippen molar-refractivity contribution in [2.24, 2.45) is 5.92 Å². The molecule has 0 radical (unpaired) electrons. The molecule has 0 saturated heterocycles. The van der Waals surface area contributed by atoms with Crippen molar-refractivity contribution in [1.29, 1.82) is 0 Å². The summed E-state index contributed by atoms with van der Waals surface area (Å²) in [4.78, 5) is 30.0. The lowest BCUT2D eigenvalue weighted by atomic mass is 9.84. The lowest BCUT2D eigenvalue weighted by molar-refractivity contribution is -0.120. The summed E-state index contributed by atoms with van der Waals surface area (Å²) < 4.78 is 13.0. The van der Waals surface area contributed by atoms with Gasteiger partial charge in [-0.25, -0.2) is 4.39 Å². The van der Waals surface area contributed by atoms with E-state index in [1.54, 1.807) is 12.1 Å². The average molecular weight is 420 g/mol. The number of benzene rings is 2. The van der Waals surface area contributed by atoms with Crippen LogP contribution in [0.1, 0.15) is 40.5 Å². The van der Waals surface area contributed by atoms with Gasteiger partial charge in [-0.2, -0.15) is 0 Å². The molecule has 0 fully saturated rings. The summed E-state index contributed by atoms with van der Waals surface area (Å²) in [6, 6.07) is 13.6. The molecule has 2 N–H and O–H groups in total. The Morgan fingerprint density at radius 3 is 2.61 bits per heavy atom. The van der Waals surface area contributed by atoms with Crippen LogP contribution < -0.4 is 10.6 Å². The number of rotatable bonds is 6. The smallest absolute Gasteiger partial charge is 0.252 e. The van der Waals surface area contributed by atoms with Crippen molar-refractivity contribution in [3.05, 3.63) is 76.7 Å². The van der Waals surface area contributed by atoms with E-state index in [0.29, 0.717) is 24.6 Å². The standard InChI is InChI=1S/C25H26FN3O2/c1-16-6-11-22-20(14-16)24(19-4-2-3-5-21(19)29-22)25(31)28-13-12-27-23(30)15-17-7-9-18(26)10-8-17/h2-5,7-10,16H,6,11-15H2,1H3,(H,27,30)(H,28,31). The predicted octanol–water partition coefficient (Wildman–Crippen LogP) is 3.59. The molecule has 160 valence electrons. The van der Waals surface area contributed by atoms with Crippen LogP contribution in [-0.4, -0.2) is 29.9 Å². The van der Waals surface area contributed by atoms with Crippen molar-refractivity contribution in [2.75, 3.05) is 13.1 Å². The Morgan fingerprint density at radius 2 is 1.81 bits per heavy atom. The van der Waals surface area contributed by atoms with Crippen molar-refractivity contribution in [2.45, 2.75) is 32.6 Å². The van der Waals surface area contributed by atoms with Crippen LogP contribution in [-0.2, 0) is 24.1 Å². The van der Waals surface area contributed by atoms with E-state index < -0.39 is 0 Å². The topological polar surface area (TPSA) is 71.1 Å². The summed E-state index contributed by atoms with van der Waals surface area (Å²) in [5, 5.41) is 6.62. The molecule has 1 aliphatic carbocycles. The number of nitrogens with zero attached hydrogens (tertiary/aromatic N) is 1. The second kappa shape index (κ2) is 9.25. The SMILES string of the molecule is CC1CCc2nc3ccccc3c(C(=O)NCCNC(=O)Cc3ccc(F)cc3)c2C1. The Kier molecular flexibility index (Phi) is 6.26. The summed E-state index contributed by atoms with van der Waals surface area (Å²) in [6.07, 6.45) is 3.00. The first kappa shape index (κ1) is 21.0. The number of amides is 2. The summed E-state index contributed by atoms with van der Waals surface area (Å²) in [7, 11) is 0. The van der Waals surface area contributed by atoms with Crippen molar-refractivity contribution in [3.63, 3.8) is 0 Å². The zero-order valence-electron chi connectivity index (χ0n) is 17.6. The normalized spacial score (nSPS) is 15.4. The summed E-state index contributed by atoms with van der Waals surface area (Å²) in [5.74, 6) is -0.0991. The van der Waals surface area contributed by atoms with E-state index in [2.05, 4.69) is 17.6 Å². The Bertz CT molecular complexity index is 1110. The van der Waals surface area contributed by atoms with Gasteiger partial charge in [-0.05, 0) is 54.5 Å². The van der Waals surface area contributed by atoms with E-state index in [-0.39, 0.29) is 24.1 Å². The highest BCUT2D eigenvalue weighted by molar-refractivity contribution is 6.07. The minimum absolute atomic E-state index is 0.128. The summed E-state index contributed by atoms with van der Waals surface area (Å²) >= 11 is 0. The first-order chi connectivity index (χ1) is 15.0. The molecule has 0 bridgehead atoms. The molecule has 6 heteroatoms. The van der Waals surface area contributed by atoms with Gasteiger partial charge in [0.1, 0.15) is 5.82 Å². The molecule has 2 amide bonds. The Hall–Kier alpha value is -3.28. The lowest BCUT2D eigenvalue weighted by Crippen LogP contribution is -2.36. The fourth-order valence-electron chi connectivity index (χ4n) is 4.14. The molecule has 3 aromatic rings. The molecule has 5 nitrogen and oxygen atoms in total. The third-order valence-electron chi connectivity index (χ3n) is 5.74. The monoisotopic (exact) mass is 419 g/mol. The minimum Gasteiger partial charge on any atom is -0.354 e. The van der Waals surface area contributed by atoms with Crippen LogP contribution in [0.3, 0.4) is 0 Å². The molecule has 1 aliphatic rings. The number of fused-ring (bicyclic) bond motifs is 2. The molecule has 1 aromatic heterocycles. The highest BCUT2D eigenvalue weighted by Gasteiger charge is 2.25. The molecule has 1 heterocycles. The van der Waals surface area contributed by atoms with Crippen molar-refractivity contribution < 1.29 is 14.0 Å². The molecule has 31 heavy (non-hydrogen) atoms. The number of aryl methyl sites for hydroxylation is 1. The first-order valence-electron chi connectivity index (χ1n) is 10.7. The van der Waals surface area contributed by atoms with Crippen LogP contribution in [0.25, 0.3) is 10.9 Å². The van der Waals surface area contributed by atoms with Crippen LogP contribution in [0.15, 0.2) is 48.5 Å². The molecule has 1 unspecified atom stereocenters. The molecule has 1 atom stereocenters. The van der Waals surface area contributed by atoms with Gasteiger partial charge in [0.25, 0.3) is 5.91 Å². The van der Waals surface area contributed by atoms with Gasteiger partial charge in [-0.15, -0.1) is 0 Å². The summed E-state index contributed by atoms with van der Waals surface area (Å²) in [5.41, 5.74) is 4.37. The number of carbonyl (C=O) groups excluding carboxylic acids is 2. The summed E-state index contributed by atoms with van der Waals surface area (Å²) in [6.45, 7) is 2.86. The van der Waals surface area contributed by atoms with Gasteiger partial charge in [-0.1, -0.05) is 37.3 Å². The number of hydrogen-bond acceptors (Lipinski definition) is 3. The molecular formula is C25H26FN3O2. The molecule has 0 aliphatic heterocycles. The quantitative estimate of drug-likeness (QED) is 0.600. The van der Waals surface area contributed by atoms with Crippen LogP contribution in [0.4, 0.5) is 4.39 Å². The van der Waals surface area contributed by atoms with Gasteiger partial charge >= 0.3 is 0 Å². The van der Waals surface area contributed by atoms with Gasteiger partial charge in [0.2, 0.25) is 5.91 Å². The van der Waals surface area contributed by atoms with Crippen LogP contribution in [0.5, 0.6) is 0 Å². The highest BCUT2D eigenvalue weighted by atomic mass is 19.1. The van der Waals surface area contributed by atoms with E-state index >= 15 is 0 Å². The third-order valence-corrected chi connectivity index (χ3v) is 5.74. The third kappa shape index (κ3) is 4.90. The van der Waals surface area contributed by atoms with Gasteiger partial charge < -0.3 is 10.6 Å². The van der Waals surface area contributed by atoms with E-state index in [1.165, 1.54) is 12.1 Å². The number of aromatic nitrogens is 1. The van der Waals surface area contributed by atoms with E-state index in [4.69, 9.17) is 4.98 Å². The highest BCUT2D eigenvalue weighted by Crippen LogP contribution is 2.31. The maximum absolute atomic E-state index is 13.1. The Morgan fingerprint density at radius 1 is 1.06 bits per heavy atom. The van der Waals surface area contributed by atoms with Gasteiger partial charge in [-0.3, -0.25) is 14.6 Å². The molecular weight excluding hydrogens is 393 g/mol. The number of carbonyl (C=O) groups is 2. The number of hydrogen-bond donors (Lipinski definition) is 2. The molecule has 4 rings (SSSR count). The predicted molar refractivity (Wildman–Crippen MR) is 118 cm³/mol. The number of pyridine rings is 1. The number of halogens is 1. The second-order valence-electron chi connectivity index (χ2n) is 8.19. The maximum Gasteiger partial charge on any atom is 0.252 e. The maximum atomic E-state index is 13.1. The average Bonchev–Trinajstić information content (AvgIpc) is 2.76. The van der Waals surface area contributed by atoms with Crippen molar-refractivity contribution in [3.8, 4) is 0 Å². The van der Waals surface area contributed by atoms with E-state index in [0.717, 1.165) is 47.0 Å². The van der Waals surface area contributed by atoms with Crippen molar-refractivity contribution >= 4 is 22.7 Å². The van der Waals surface area contributed by atoms with E-state index in [9.17, 15) is 14.0 Å². The minimum atomic E-state index is -0.327. The zero-order chi connectivity index (χ0) is 21.8. The molecule has 0 spiro atoms. The first-order valence-corrected chi connectivity index (χ1v) is 10.7. The second-order valence-corrected chi connectivity index (χ2v) is 8.19. The number of para-hydroxylation sites is 1. The Labute approximate surface area is 181 Å². The van der Waals surface area contributed by atoms with Crippen molar-refractivity contribution in [1.82, 2.24) is 15.6 Å².